The zero-order valence-electron chi connectivity index (χ0n) is 14.8. The summed E-state index contributed by atoms with van der Waals surface area (Å²) in [5.74, 6) is 0.110. The molecule has 3 aromatic carbocycles. The van der Waals surface area contributed by atoms with Crippen LogP contribution < -0.4 is 5.32 Å². The minimum absolute atomic E-state index is 0.110. The van der Waals surface area contributed by atoms with Gasteiger partial charge in [-0.1, -0.05) is 66.7 Å². The Kier molecular flexibility index (Phi) is 5.34. The highest BCUT2D eigenvalue weighted by atomic mass is 16.2. The van der Waals surface area contributed by atoms with E-state index in [4.69, 9.17) is 0 Å². The van der Waals surface area contributed by atoms with E-state index in [1.165, 1.54) is 5.39 Å². The molecule has 1 N–H and O–H groups in total. The first-order valence-corrected chi connectivity index (χ1v) is 8.76. The Hall–Kier alpha value is -2.81. The Bertz CT molecular complexity index is 840. The van der Waals surface area contributed by atoms with Crippen LogP contribution in [0.3, 0.4) is 0 Å². The average molecular weight is 332 g/mol. The van der Waals surface area contributed by atoms with E-state index in [1.807, 2.05) is 61.2 Å². The first kappa shape index (κ1) is 17.0. The molecule has 3 heteroatoms. The number of hydrogen-bond acceptors (Lipinski definition) is 2. The minimum atomic E-state index is -0.283. The van der Waals surface area contributed by atoms with Crippen LogP contribution >= 0.6 is 0 Å². The van der Waals surface area contributed by atoms with Crippen LogP contribution in [0.15, 0.2) is 72.8 Å². The standard InChI is InChI=1S/C22H24N2O/c1-3-24(16-18-10-5-4-6-11-18)22(25)17(2)23-21-15-9-13-19-12-7-8-14-20(19)21/h4-15,17,23H,3,16H2,1-2H3/t17-/m0/s1. The van der Waals surface area contributed by atoms with E-state index in [0.717, 1.165) is 16.6 Å². The van der Waals surface area contributed by atoms with Gasteiger partial charge in [-0.15, -0.1) is 0 Å². The van der Waals surface area contributed by atoms with Gasteiger partial charge in [0, 0.05) is 24.2 Å². The molecule has 0 radical (unpaired) electrons. The van der Waals surface area contributed by atoms with Crippen molar-refractivity contribution < 1.29 is 4.79 Å². The molecule has 0 saturated carbocycles. The van der Waals surface area contributed by atoms with Crippen LogP contribution in [0.4, 0.5) is 5.69 Å². The molecular weight excluding hydrogens is 308 g/mol. The van der Waals surface area contributed by atoms with Gasteiger partial charge in [-0.3, -0.25) is 4.79 Å². The highest BCUT2D eigenvalue weighted by molar-refractivity contribution is 5.95. The maximum absolute atomic E-state index is 12.9. The number of nitrogens with one attached hydrogen (secondary N) is 1. The molecule has 1 atom stereocenters. The molecule has 0 heterocycles. The summed E-state index contributed by atoms with van der Waals surface area (Å²) < 4.78 is 0. The molecular formula is C22H24N2O. The Balaban J connectivity index is 1.74. The molecule has 0 spiro atoms. The van der Waals surface area contributed by atoms with Gasteiger partial charge in [0.05, 0.1) is 0 Å². The highest BCUT2D eigenvalue weighted by Crippen LogP contribution is 2.24. The lowest BCUT2D eigenvalue weighted by Crippen LogP contribution is -2.40. The second-order valence-electron chi connectivity index (χ2n) is 6.23. The molecule has 0 aliphatic carbocycles. The molecule has 0 bridgehead atoms. The van der Waals surface area contributed by atoms with Crippen LogP contribution in [0.25, 0.3) is 10.8 Å². The summed E-state index contributed by atoms with van der Waals surface area (Å²) in [6.45, 7) is 5.27. The van der Waals surface area contributed by atoms with Crippen molar-refractivity contribution in [2.45, 2.75) is 26.4 Å². The van der Waals surface area contributed by atoms with E-state index in [0.29, 0.717) is 13.1 Å². The third kappa shape index (κ3) is 4.00. The molecule has 0 fully saturated rings. The Morgan fingerprint density at radius 3 is 2.40 bits per heavy atom. The molecule has 3 nitrogen and oxygen atoms in total. The molecule has 128 valence electrons. The number of amides is 1. The lowest BCUT2D eigenvalue weighted by Gasteiger charge is -2.26. The maximum Gasteiger partial charge on any atom is 0.245 e. The van der Waals surface area contributed by atoms with Crippen molar-refractivity contribution >= 4 is 22.4 Å². The Morgan fingerprint density at radius 1 is 0.960 bits per heavy atom. The second-order valence-corrected chi connectivity index (χ2v) is 6.23. The monoisotopic (exact) mass is 332 g/mol. The topological polar surface area (TPSA) is 32.3 Å². The van der Waals surface area contributed by atoms with Gasteiger partial charge < -0.3 is 10.2 Å². The van der Waals surface area contributed by atoms with E-state index in [9.17, 15) is 4.79 Å². The highest BCUT2D eigenvalue weighted by Gasteiger charge is 2.20. The van der Waals surface area contributed by atoms with E-state index < -0.39 is 0 Å². The number of likely N-dealkylation sites (N-methyl/N-ethyl adjacent to an activating group) is 1. The summed E-state index contributed by atoms with van der Waals surface area (Å²) in [6, 6.07) is 24.2. The van der Waals surface area contributed by atoms with E-state index in [-0.39, 0.29) is 11.9 Å². The summed E-state index contributed by atoms with van der Waals surface area (Å²) in [5, 5.41) is 5.70. The van der Waals surface area contributed by atoms with E-state index >= 15 is 0 Å². The lowest BCUT2D eigenvalue weighted by atomic mass is 10.1. The van der Waals surface area contributed by atoms with Crippen molar-refractivity contribution in [3.63, 3.8) is 0 Å². The van der Waals surface area contributed by atoms with Gasteiger partial charge in [0.2, 0.25) is 5.91 Å². The first-order chi connectivity index (χ1) is 12.2. The lowest BCUT2D eigenvalue weighted by molar-refractivity contribution is -0.132. The summed E-state index contributed by atoms with van der Waals surface area (Å²) in [6.07, 6.45) is 0. The van der Waals surface area contributed by atoms with Crippen molar-refractivity contribution in [1.82, 2.24) is 4.90 Å². The number of carbonyl (C=O) groups is 1. The molecule has 0 aromatic heterocycles. The molecule has 25 heavy (non-hydrogen) atoms. The SMILES string of the molecule is CCN(Cc1ccccc1)C(=O)[C@H](C)Nc1cccc2ccccc12. The summed E-state index contributed by atoms with van der Waals surface area (Å²) in [5.41, 5.74) is 2.14. The zero-order chi connectivity index (χ0) is 17.6. The molecule has 1 amide bonds. The molecule has 0 saturated heterocycles. The van der Waals surface area contributed by atoms with Crippen molar-refractivity contribution in [3.8, 4) is 0 Å². The average Bonchev–Trinajstić information content (AvgIpc) is 2.66. The molecule has 3 aromatic rings. The normalized spacial score (nSPS) is 11.9. The van der Waals surface area contributed by atoms with Gasteiger partial charge in [0.25, 0.3) is 0 Å². The zero-order valence-corrected chi connectivity index (χ0v) is 14.8. The van der Waals surface area contributed by atoms with Crippen molar-refractivity contribution in [1.29, 1.82) is 0 Å². The third-order valence-corrected chi connectivity index (χ3v) is 4.44. The molecule has 3 rings (SSSR count). The molecule has 0 aliphatic rings. The van der Waals surface area contributed by atoms with Gasteiger partial charge in [0.1, 0.15) is 6.04 Å². The maximum atomic E-state index is 12.9. The van der Waals surface area contributed by atoms with Crippen LogP contribution in [0.1, 0.15) is 19.4 Å². The van der Waals surface area contributed by atoms with E-state index in [2.05, 4.69) is 35.6 Å². The fourth-order valence-corrected chi connectivity index (χ4v) is 3.07. The number of benzene rings is 3. The van der Waals surface area contributed by atoms with Crippen LogP contribution in [0.2, 0.25) is 0 Å². The van der Waals surface area contributed by atoms with Crippen LogP contribution in [0.5, 0.6) is 0 Å². The number of hydrogen-bond donors (Lipinski definition) is 1. The van der Waals surface area contributed by atoms with Gasteiger partial charge in [0.15, 0.2) is 0 Å². The van der Waals surface area contributed by atoms with Crippen LogP contribution in [0, 0.1) is 0 Å². The quantitative estimate of drug-likeness (QED) is 0.710. The van der Waals surface area contributed by atoms with Gasteiger partial charge in [-0.25, -0.2) is 0 Å². The first-order valence-electron chi connectivity index (χ1n) is 8.76. The number of anilines is 1. The minimum Gasteiger partial charge on any atom is -0.373 e. The Morgan fingerprint density at radius 2 is 1.64 bits per heavy atom. The predicted octanol–water partition coefficient (Wildman–Crippen LogP) is 4.69. The molecule has 0 unspecified atom stereocenters. The fraction of sp³-hybridized carbons (Fsp3) is 0.227. The summed E-state index contributed by atoms with van der Waals surface area (Å²) in [4.78, 5) is 14.8. The fourth-order valence-electron chi connectivity index (χ4n) is 3.07. The number of nitrogens with zero attached hydrogens (tertiary/aromatic N) is 1. The molecule has 0 aliphatic heterocycles. The number of rotatable bonds is 6. The number of fused-ring (bicyclic) bond motifs is 1. The third-order valence-electron chi connectivity index (χ3n) is 4.44. The number of carbonyl (C=O) groups excluding carboxylic acids is 1. The smallest absolute Gasteiger partial charge is 0.245 e. The van der Waals surface area contributed by atoms with E-state index in [1.54, 1.807) is 0 Å². The Labute approximate surface area is 149 Å². The summed E-state index contributed by atoms with van der Waals surface area (Å²) >= 11 is 0. The largest absolute Gasteiger partial charge is 0.373 e. The van der Waals surface area contributed by atoms with Crippen molar-refractivity contribution in [2.75, 3.05) is 11.9 Å². The predicted molar refractivity (Wildman–Crippen MR) is 105 cm³/mol. The second kappa shape index (κ2) is 7.84. The van der Waals surface area contributed by atoms with Gasteiger partial charge >= 0.3 is 0 Å². The summed E-state index contributed by atoms with van der Waals surface area (Å²) in [7, 11) is 0. The van der Waals surface area contributed by atoms with Crippen molar-refractivity contribution in [3.05, 3.63) is 78.4 Å². The van der Waals surface area contributed by atoms with Gasteiger partial charge in [-0.2, -0.15) is 0 Å². The van der Waals surface area contributed by atoms with Crippen LogP contribution in [-0.4, -0.2) is 23.4 Å². The van der Waals surface area contributed by atoms with Gasteiger partial charge in [-0.05, 0) is 30.9 Å². The van der Waals surface area contributed by atoms with Crippen LogP contribution in [-0.2, 0) is 11.3 Å². The van der Waals surface area contributed by atoms with Crippen molar-refractivity contribution in [2.24, 2.45) is 0 Å².